The first-order valence-electron chi connectivity index (χ1n) is 12.8. The van der Waals surface area contributed by atoms with Crippen molar-refractivity contribution in [1.29, 1.82) is 0 Å². The van der Waals surface area contributed by atoms with E-state index in [1.807, 2.05) is 63.2 Å². The minimum atomic E-state index is -3.15. The molecule has 2 aliphatic rings. The summed E-state index contributed by atoms with van der Waals surface area (Å²) in [7, 11) is -3.15. The van der Waals surface area contributed by atoms with Crippen LogP contribution in [0.4, 0.5) is 27.5 Å². The highest BCUT2D eigenvalue weighted by molar-refractivity contribution is 9.10. The van der Waals surface area contributed by atoms with Crippen LogP contribution >= 0.6 is 23.3 Å². The molecule has 2 aliphatic heterocycles. The van der Waals surface area contributed by atoms with Gasteiger partial charge in [0.05, 0.1) is 27.3 Å². The first-order valence-corrected chi connectivity index (χ1v) is 15.2. The Balaban J connectivity index is 1.95. The molecule has 0 N–H and O–H groups in total. The van der Waals surface area contributed by atoms with E-state index in [4.69, 9.17) is 14.2 Å². The van der Waals surface area contributed by atoms with Gasteiger partial charge in [-0.3, -0.25) is 15.0 Å². The van der Waals surface area contributed by atoms with Crippen LogP contribution in [0.15, 0.2) is 69.9 Å². The van der Waals surface area contributed by atoms with E-state index in [9.17, 15) is 14.9 Å². The van der Waals surface area contributed by atoms with Crippen LogP contribution in [0.5, 0.6) is 11.5 Å². The van der Waals surface area contributed by atoms with Crippen LogP contribution in [-0.4, -0.2) is 48.5 Å². The number of fused-ring (bicyclic) bond motifs is 2. The van der Waals surface area contributed by atoms with Crippen molar-refractivity contribution in [1.82, 2.24) is 4.67 Å². The maximum absolute atomic E-state index is 14.5. The molecule has 0 radical (unpaired) electrons. The van der Waals surface area contributed by atoms with E-state index in [0.29, 0.717) is 65.9 Å². The zero-order chi connectivity index (χ0) is 27.7. The molecule has 0 aliphatic carbocycles. The van der Waals surface area contributed by atoms with E-state index >= 15 is 0 Å². The summed E-state index contributed by atoms with van der Waals surface area (Å²) in [5, 5.41) is 12.6. The summed E-state index contributed by atoms with van der Waals surface area (Å²) in [6.07, 6.45) is 0. The van der Waals surface area contributed by atoms with Gasteiger partial charge in [-0.05, 0) is 31.2 Å². The van der Waals surface area contributed by atoms with E-state index in [1.54, 1.807) is 15.6 Å². The fourth-order valence-corrected chi connectivity index (χ4v) is 9.43. The van der Waals surface area contributed by atoms with E-state index in [0.717, 1.165) is 5.30 Å². The van der Waals surface area contributed by atoms with Crippen LogP contribution in [0, 0.1) is 10.1 Å². The summed E-state index contributed by atoms with van der Waals surface area (Å²) in [4.78, 5) is 27.5. The van der Waals surface area contributed by atoms with Crippen molar-refractivity contribution in [2.75, 3.05) is 42.4 Å². The molecule has 2 amide bonds. The Morgan fingerprint density at radius 1 is 1.03 bits per heavy atom. The van der Waals surface area contributed by atoms with Crippen LogP contribution in [0.3, 0.4) is 0 Å². The number of amides is 2. The first kappa shape index (κ1) is 27.2. The number of hydrogen-bond donors (Lipinski definition) is 0. The average molecular weight is 614 g/mol. The first-order chi connectivity index (χ1) is 18.8. The molecular formula is C27H29BrN5O5P. The van der Waals surface area contributed by atoms with Gasteiger partial charge in [0, 0.05) is 42.3 Å². The van der Waals surface area contributed by atoms with Gasteiger partial charge in [0.15, 0.2) is 18.9 Å². The van der Waals surface area contributed by atoms with Crippen LogP contribution in [0.2, 0.25) is 0 Å². The molecular weight excluding hydrogens is 585 g/mol. The number of benzene rings is 3. The van der Waals surface area contributed by atoms with E-state index in [2.05, 4.69) is 20.6 Å². The number of carbonyl (C=O) groups excluding carboxylic acids is 1. The standard InChI is InChI=1S/C27H29BrN5O5P/c1-4-30(5-2)39(29-20-14-19(28)15-22(16-20)33(35)36)26-18-25-24(37-12-13-38-25)17-23(26)31(6-3)27(34)32(39)21-10-8-7-9-11-21/h7-11,14-18H,4-6,12-13H2,1-3H3/t39-/m0/s1. The third-order valence-electron chi connectivity index (χ3n) is 6.72. The van der Waals surface area contributed by atoms with Crippen molar-refractivity contribution in [3.63, 3.8) is 0 Å². The van der Waals surface area contributed by atoms with Gasteiger partial charge >= 0.3 is 6.03 Å². The molecule has 12 heteroatoms. The Kier molecular flexibility index (Phi) is 7.66. The molecule has 10 nitrogen and oxygen atoms in total. The summed E-state index contributed by atoms with van der Waals surface area (Å²) >= 11 is 3.42. The fourth-order valence-electron chi connectivity index (χ4n) is 5.06. The normalized spacial score (nSPS) is 18.2. The highest BCUT2D eigenvalue weighted by atomic mass is 79.9. The number of para-hydroxylation sites is 1. The van der Waals surface area contributed by atoms with Gasteiger partial charge in [-0.1, -0.05) is 48.0 Å². The van der Waals surface area contributed by atoms with Gasteiger partial charge in [-0.25, -0.2) is 18.9 Å². The third-order valence-corrected chi connectivity index (χ3v) is 11.0. The van der Waals surface area contributed by atoms with Gasteiger partial charge in [0.25, 0.3) is 5.69 Å². The molecule has 3 aromatic carbocycles. The Morgan fingerprint density at radius 3 is 2.31 bits per heavy atom. The molecule has 5 rings (SSSR count). The maximum Gasteiger partial charge on any atom is 0.334 e. The number of non-ortho nitro benzene ring substituents is 1. The molecule has 0 bridgehead atoms. The molecule has 3 aromatic rings. The summed E-state index contributed by atoms with van der Waals surface area (Å²) in [6, 6.07) is 17.7. The highest BCUT2D eigenvalue weighted by Gasteiger charge is 2.48. The molecule has 0 saturated heterocycles. The SMILES string of the molecule is CCN1C(=O)N(c2ccccc2)[P@@](=Nc2cc(Br)cc([N+](=O)[O-])c2)(N(CC)CC)c2cc3c(cc21)OCCO3. The third kappa shape index (κ3) is 4.68. The van der Waals surface area contributed by atoms with Crippen LogP contribution in [0.1, 0.15) is 20.8 Å². The quantitative estimate of drug-likeness (QED) is 0.163. The number of halogens is 1. The number of nitro groups is 1. The summed E-state index contributed by atoms with van der Waals surface area (Å²) in [5.41, 5.74) is 1.70. The Morgan fingerprint density at radius 2 is 1.69 bits per heavy atom. The fraction of sp³-hybridized carbons (Fsp3) is 0.296. The Bertz CT molecular complexity index is 1480. The van der Waals surface area contributed by atoms with Crippen molar-refractivity contribution in [2.24, 2.45) is 4.74 Å². The van der Waals surface area contributed by atoms with Gasteiger partial charge in [0.1, 0.15) is 13.2 Å². The lowest BCUT2D eigenvalue weighted by molar-refractivity contribution is -0.384. The van der Waals surface area contributed by atoms with Gasteiger partial charge < -0.3 is 9.47 Å². The number of anilines is 2. The van der Waals surface area contributed by atoms with Crippen LogP contribution in [0.25, 0.3) is 0 Å². The van der Waals surface area contributed by atoms with Crippen LogP contribution < -0.4 is 24.3 Å². The predicted molar refractivity (Wildman–Crippen MR) is 157 cm³/mol. The molecule has 0 spiro atoms. The predicted octanol–water partition coefficient (Wildman–Crippen LogP) is 6.93. The van der Waals surface area contributed by atoms with Gasteiger partial charge in [-0.2, -0.15) is 0 Å². The Labute approximate surface area is 235 Å². The second kappa shape index (κ2) is 11.0. The molecule has 1 atom stereocenters. The molecule has 39 heavy (non-hydrogen) atoms. The largest absolute Gasteiger partial charge is 0.486 e. The summed E-state index contributed by atoms with van der Waals surface area (Å²) in [5.74, 6) is 1.17. The van der Waals surface area contributed by atoms with Crippen molar-refractivity contribution >= 4 is 57.4 Å². The molecule has 0 unspecified atom stereocenters. The number of nitro benzene ring substituents is 1. The lowest BCUT2D eigenvalue weighted by atomic mass is 10.2. The molecule has 0 fully saturated rings. The molecule has 0 saturated carbocycles. The highest BCUT2D eigenvalue weighted by Crippen LogP contribution is 2.64. The minimum Gasteiger partial charge on any atom is -0.486 e. The smallest absolute Gasteiger partial charge is 0.334 e. The van der Waals surface area contributed by atoms with E-state index in [1.165, 1.54) is 12.1 Å². The molecule has 2 heterocycles. The second-order valence-electron chi connectivity index (χ2n) is 8.89. The summed E-state index contributed by atoms with van der Waals surface area (Å²) in [6.45, 7) is 8.42. The van der Waals surface area contributed by atoms with Crippen molar-refractivity contribution in [3.8, 4) is 11.5 Å². The van der Waals surface area contributed by atoms with Gasteiger partial charge in [-0.15, -0.1) is 0 Å². The lowest BCUT2D eigenvalue weighted by Crippen LogP contribution is -2.53. The zero-order valence-corrected chi connectivity index (χ0v) is 24.4. The Hall–Kier alpha value is -3.40. The lowest BCUT2D eigenvalue weighted by Gasteiger charge is -2.49. The average Bonchev–Trinajstić information content (AvgIpc) is 2.93. The van der Waals surface area contributed by atoms with Crippen molar-refractivity contribution in [2.45, 2.75) is 20.8 Å². The molecule has 204 valence electrons. The maximum atomic E-state index is 14.5. The van der Waals surface area contributed by atoms with Crippen molar-refractivity contribution < 1.29 is 19.2 Å². The van der Waals surface area contributed by atoms with E-state index in [-0.39, 0.29) is 11.7 Å². The van der Waals surface area contributed by atoms with Crippen molar-refractivity contribution in [3.05, 3.63) is 75.3 Å². The number of hydrogen-bond acceptors (Lipinski definition) is 6. The van der Waals surface area contributed by atoms with E-state index < -0.39 is 12.3 Å². The monoisotopic (exact) mass is 613 g/mol. The number of carbonyl (C=O) groups is 1. The number of ether oxygens (including phenoxy) is 2. The molecule has 0 aromatic heterocycles. The van der Waals surface area contributed by atoms with Gasteiger partial charge in [0.2, 0.25) is 0 Å². The number of urea groups is 1. The zero-order valence-electron chi connectivity index (χ0n) is 21.9. The number of rotatable bonds is 7. The summed E-state index contributed by atoms with van der Waals surface area (Å²) < 4.78 is 21.7. The topological polar surface area (TPSA) is 101 Å². The number of nitrogens with zero attached hydrogens (tertiary/aromatic N) is 5. The second-order valence-corrected chi connectivity index (χ2v) is 12.6. The van der Waals surface area contributed by atoms with Crippen LogP contribution in [-0.2, 0) is 0 Å². The minimum absolute atomic E-state index is 0.0898.